The molecule has 3 saturated carbocycles. The summed E-state index contributed by atoms with van der Waals surface area (Å²) in [7, 11) is 0. The fraction of sp³-hybridized carbons (Fsp3) is 0.938. The Bertz CT molecular complexity index is 938. The minimum atomic E-state index is -0.561. The Morgan fingerprint density at radius 2 is 1.72 bits per heavy atom. The van der Waals surface area contributed by atoms with Crippen molar-refractivity contribution in [3.05, 3.63) is 11.6 Å². The third-order valence-corrected chi connectivity index (χ3v) is 13.3. The van der Waals surface area contributed by atoms with Crippen molar-refractivity contribution in [2.75, 3.05) is 13.2 Å². The molecule has 0 aromatic carbocycles. The highest BCUT2D eigenvalue weighted by Crippen LogP contribution is 2.74. The third-order valence-electron chi connectivity index (χ3n) is 13.3. The minimum Gasteiger partial charge on any atom is -0.393 e. The van der Waals surface area contributed by atoms with Gasteiger partial charge in [0.15, 0.2) is 5.79 Å². The fourth-order valence-electron chi connectivity index (χ4n) is 11.0. The molecular formula is C32H52O4. The van der Waals surface area contributed by atoms with Gasteiger partial charge in [-0.3, -0.25) is 0 Å². The second kappa shape index (κ2) is 7.83. The third kappa shape index (κ3) is 3.20. The average molecular weight is 501 g/mol. The molecule has 0 bridgehead atoms. The molecule has 6 rings (SSSR count). The number of aliphatic hydroxyl groups excluding tert-OH is 1. The lowest BCUT2D eigenvalue weighted by molar-refractivity contribution is -0.219. The van der Waals surface area contributed by atoms with Crippen LogP contribution in [0.5, 0.6) is 0 Å². The Morgan fingerprint density at radius 3 is 2.39 bits per heavy atom. The van der Waals surface area contributed by atoms with Gasteiger partial charge in [0, 0.05) is 13.0 Å². The van der Waals surface area contributed by atoms with Gasteiger partial charge in [-0.2, -0.15) is 0 Å². The van der Waals surface area contributed by atoms with Crippen molar-refractivity contribution in [2.45, 2.75) is 130 Å². The highest BCUT2D eigenvalue weighted by atomic mass is 16.7. The first-order valence-corrected chi connectivity index (χ1v) is 15.1. The number of epoxide rings is 1. The molecule has 0 amide bonds. The Labute approximate surface area is 219 Å². The van der Waals surface area contributed by atoms with E-state index in [1.807, 2.05) is 0 Å². The highest BCUT2D eigenvalue weighted by molar-refractivity contribution is 5.33. The van der Waals surface area contributed by atoms with Crippen LogP contribution < -0.4 is 0 Å². The fourth-order valence-corrected chi connectivity index (χ4v) is 11.0. The first kappa shape index (κ1) is 25.8. The van der Waals surface area contributed by atoms with E-state index in [4.69, 9.17) is 14.2 Å². The van der Waals surface area contributed by atoms with Crippen molar-refractivity contribution in [3.63, 3.8) is 0 Å². The van der Waals surface area contributed by atoms with Crippen LogP contribution in [0, 0.1) is 45.3 Å². The van der Waals surface area contributed by atoms with Crippen molar-refractivity contribution in [3.8, 4) is 0 Å². The number of rotatable bonds is 4. The van der Waals surface area contributed by atoms with Gasteiger partial charge in [0.1, 0.15) is 6.10 Å². The van der Waals surface area contributed by atoms with Crippen LogP contribution in [-0.4, -0.2) is 41.9 Å². The molecule has 4 heteroatoms. The molecule has 2 aliphatic heterocycles. The molecular weight excluding hydrogens is 448 g/mol. The number of fused-ring (bicyclic) bond motifs is 5. The number of aliphatic hydroxyl groups is 1. The van der Waals surface area contributed by atoms with Crippen LogP contribution in [0.15, 0.2) is 11.6 Å². The highest BCUT2D eigenvalue weighted by Gasteiger charge is 2.69. The number of hydrogen-bond donors (Lipinski definition) is 1. The van der Waals surface area contributed by atoms with E-state index in [-0.39, 0.29) is 28.6 Å². The van der Waals surface area contributed by atoms with Crippen molar-refractivity contribution in [2.24, 2.45) is 45.3 Å². The molecule has 0 aromatic rings. The standard InChI is InChI=1S/C32H52O4/c1-9-34-32(26-28(4,5)36-26)18-20(19-35-32)21-12-16-31(8)23-10-11-24-27(2,3)25(33)14-15-29(24,6)22(23)13-17-30(21,31)7/h10,20-22,24-26,33H,9,11-19H2,1-8H3/t20-,21-,22-,24-,25+,26+,29+,30-,31+,32+/m0/s1. The van der Waals surface area contributed by atoms with E-state index in [9.17, 15) is 5.11 Å². The topological polar surface area (TPSA) is 51.2 Å². The van der Waals surface area contributed by atoms with E-state index in [2.05, 4.69) is 61.5 Å². The average Bonchev–Trinajstić information content (AvgIpc) is 3.12. The molecule has 0 aromatic heterocycles. The summed E-state index contributed by atoms with van der Waals surface area (Å²) in [6.07, 6.45) is 12.0. The Balaban J connectivity index is 1.28. The lowest BCUT2D eigenvalue weighted by Gasteiger charge is -2.64. The summed E-state index contributed by atoms with van der Waals surface area (Å²) in [4.78, 5) is 0. The van der Waals surface area contributed by atoms with Gasteiger partial charge in [-0.05, 0) is 111 Å². The molecule has 5 fully saturated rings. The Hall–Kier alpha value is -0.420. The first-order chi connectivity index (χ1) is 16.8. The SMILES string of the molecule is CCO[C@]1([C@@H]2OC2(C)C)C[C@H]([C@@H]2CC[C@]3(C)C4=CC[C@H]5C(C)(C)[C@H](O)CC[C@]5(C)[C@H]4CC[C@@]23C)CO1. The lowest BCUT2D eigenvalue weighted by Crippen LogP contribution is -2.58. The van der Waals surface area contributed by atoms with Crippen LogP contribution >= 0.6 is 0 Å². The van der Waals surface area contributed by atoms with E-state index in [0.717, 1.165) is 25.9 Å². The molecule has 10 atom stereocenters. The van der Waals surface area contributed by atoms with Gasteiger partial charge in [0.05, 0.1) is 18.3 Å². The van der Waals surface area contributed by atoms with Crippen molar-refractivity contribution in [1.82, 2.24) is 0 Å². The second-order valence-electron chi connectivity index (χ2n) is 15.4. The summed E-state index contributed by atoms with van der Waals surface area (Å²) in [5.41, 5.74) is 2.52. The summed E-state index contributed by atoms with van der Waals surface area (Å²) in [5.74, 6) is 1.89. The lowest BCUT2D eigenvalue weighted by atomic mass is 9.41. The molecule has 0 spiro atoms. The normalized spacial score (nSPS) is 54.9. The van der Waals surface area contributed by atoms with Gasteiger partial charge in [-0.15, -0.1) is 0 Å². The molecule has 0 radical (unpaired) electrons. The van der Waals surface area contributed by atoms with Crippen LogP contribution in [0.1, 0.15) is 107 Å². The summed E-state index contributed by atoms with van der Waals surface area (Å²) in [6.45, 7) is 20.4. The predicted molar refractivity (Wildman–Crippen MR) is 142 cm³/mol. The zero-order valence-corrected chi connectivity index (χ0v) is 24.3. The van der Waals surface area contributed by atoms with Crippen LogP contribution in [0.4, 0.5) is 0 Å². The smallest absolute Gasteiger partial charge is 0.197 e. The summed E-state index contributed by atoms with van der Waals surface area (Å²) in [5, 5.41) is 10.9. The number of ether oxygens (including phenoxy) is 3. The van der Waals surface area contributed by atoms with E-state index in [1.54, 1.807) is 5.57 Å². The van der Waals surface area contributed by atoms with Gasteiger partial charge in [0.25, 0.3) is 0 Å². The van der Waals surface area contributed by atoms with E-state index >= 15 is 0 Å². The van der Waals surface area contributed by atoms with Crippen LogP contribution in [0.3, 0.4) is 0 Å². The molecule has 1 N–H and O–H groups in total. The van der Waals surface area contributed by atoms with Crippen molar-refractivity contribution < 1.29 is 19.3 Å². The van der Waals surface area contributed by atoms with Crippen LogP contribution in [-0.2, 0) is 14.2 Å². The first-order valence-electron chi connectivity index (χ1n) is 15.1. The molecule has 36 heavy (non-hydrogen) atoms. The van der Waals surface area contributed by atoms with Gasteiger partial charge in [0.2, 0.25) is 0 Å². The molecule has 204 valence electrons. The van der Waals surface area contributed by atoms with Crippen LogP contribution in [0.25, 0.3) is 0 Å². The van der Waals surface area contributed by atoms with Gasteiger partial charge >= 0.3 is 0 Å². The largest absolute Gasteiger partial charge is 0.393 e. The zero-order chi connectivity index (χ0) is 25.9. The Morgan fingerprint density at radius 1 is 1.00 bits per heavy atom. The van der Waals surface area contributed by atoms with E-state index < -0.39 is 5.79 Å². The molecule has 2 heterocycles. The van der Waals surface area contributed by atoms with Gasteiger partial charge in [-0.1, -0.05) is 46.3 Å². The number of allylic oxidation sites excluding steroid dienone is 2. The zero-order valence-electron chi connectivity index (χ0n) is 24.3. The second-order valence-corrected chi connectivity index (χ2v) is 15.4. The quantitative estimate of drug-likeness (QED) is 0.337. The van der Waals surface area contributed by atoms with E-state index in [1.165, 1.54) is 32.1 Å². The maximum atomic E-state index is 10.9. The van der Waals surface area contributed by atoms with Crippen molar-refractivity contribution in [1.29, 1.82) is 0 Å². The maximum Gasteiger partial charge on any atom is 0.197 e. The summed E-state index contributed by atoms with van der Waals surface area (Å²) >= 11 is 0. The number of hydrogen-bond acceptors (Lipinski definition) is 4. The summed E-state index contributed by atoms with van der Waals surface area (Å²) in [6, 6.07) is 0. The Kier molecular flexibility index (Phi) is 5.62. The molecule has 2 saturated heterocycles. The van der Waals surface area contributed by atoms with Gasteiger partial charge < -0.3 is 19.3 Å². The van der Waals surface area contributed by atoms with E-state index in [0.29, 0.717) is 41.1 Å². The monoisotopic (exact) mass is 500 g/mol. The molecule has 4 nitrogen and oxygen atoms in total. The minimum absolute atomic E-state index is 0.00263. The molecule has 4 aliphatic carbocycles. The maximum absolute atomic E-state index is 10.9. The molecule has 6 aliphatic rings. The van der Waals surface area contributed by atoms with Crippen molar-refractivity contribution >= 4 is 0 Å². The molecule has 0 unspecified atom stereocenters. The predicted octanol–water partition coefficient (Wildman–Crippen LogP) is 6.90. The van der Waals surface area contributed by atoms with Crippen LogP contribution in [0.2, 0.25) is 0 Å². The summed E-state index contributed by atoms with van der Waals surface area (Å²) < 4.78 is 19.0. The van der Waals surface area contributed by atoms with Gasteiger partial charge in [-0.25, -0.2) is 0 Å².